The lowest BCUT2D eigenvalue weighted by Gasteiger charge is -2.61. The van der Waals surface area contributed by atoms with Crippen LogP contribution in [0.5, 0.6) is 0 Å². The van der Waals surface area contributed by atoms with E-state index < -0.39 is 0 Å². The Hall–Kier alpha value is -2.83. The molecule has 0 N–H and O–H groups in total. The van der Waals surface area contributed by atoms with Gasteiger partial charge >= 0.3 is 0 Å². The van der Waals surface area contributed by atoms with Gasteiger partial charge in [-0.05, 0) is 107 Å². The molecular weight excluding hydrogens is 444 g/mol. The summed E-state index contributed by atoms with van der Waals surface area (Å²) in [5.41, 5.74) is 11.2. The summed E-state index contributed by atoms with van der Waals surface area (Å²) in [5, 5.41) is 0.923. The van der Waals surface area contributed by atoms with Crippen LogP contribution in [0.2, 0.25) is 5.02 Å². The normalized spacial score (nSPS) is 29.4. The van der Waals surface area contributed by atoms with Crippen molar-refractivity contribution in [3.63, 3.8) is 0 Å². The Labute approximate surface area is 213 Å². The second-order valence-corrected chi connectivity index (χ2v) is 11.9. The van der Waals surface area contributed by atoms with Gasteiger partial charge in [-0.1, -0.05) is 90.5 Å². The molecule has 0 atom stereocenters. The molecule has 0 aliphatic heterocycles. The number of rotatable bonds is 2. The largest absolute Gasteiger partial charge is 0.0837 e. The van der Waals surface area contributed by atoms with Crippen LogP contribution in [-0.4, -0.2) is 0 Å². The highest BCUT2D eigenvalue weighted by Crippen LogP contribution is 2.70. The molecule has 1 spiro atoms. The molecule has 0 aromatic heterocycles. The number of benzene rings is 4. The van der Waals surface area contributed by atoms with E-state index in [-0.39, 0.29) is 5.41 Å². The molecule has 0 amide bonds. The molecular formula is C34H29Cl. The second kappa shape index (κ2) is 7.34. The van der Waals surface area contributed by atoms with Crippen LogP contribution in [0.3, 0.4) is 0 Å². The Morgan fingerprint density at radius 1 is 0.543 bits per heavy atom. The van der Waals surface area contributed by atoms with Gasteiger partial charge in [0.2, 0.25) is 0 Å². The van der Waals surface area contributed by atoms with Crippen LogP contribution < -0.4 is 0 Å². The van der Waals surface area contributed by atoms with Gasteiger partial charge in [0.15, 0.2) is 0 Å². The summed E-state index contributed by atoms with van der Waals surface area (Å²) in [6.45, 7) is 0. The van der Waals surface area contributed by atoms with E-state index >= 15 is 0 Å². The summed E-state index contributed by atoms with van der Waals surface area (Å²) in [6, 6.07) is 33.7. The smallest absolute Gasteiger partial charge is 0.0487 e. The third kappa shape index (κ3) is 2.70. The third-order valence-electron chi connectivity index (χ3n) is 9.94. The van der Waals surface area contributed by atoms with Crippen LogP contribution in [0.1, 0.15) is 43.2 Å². The predicted molar refractivity (Wildman–Crippen MR) is 146 cm³/mol. The lowest BCUT2D eigenvalue weighted by atomic mass is 9.43. The molecule has 0 heterocycles. The van der Waals surface area contributed by atoms with Crippen molar-refractivity contribution in [3.8, 4) is 33.4 Å². The fourth-order valence-electron chi connectivity index (χ4n) is 8.97. The first kappa shape index (κ1) is 20.4. The Bertz CT molecular complexity index is 1440. The maximum absolute atomic E-state index is 6.96. The van der Waals surface area contributed by atoms with Gasteiger partial charge in [-0.15, -0.1) is 0 Å². The van der Waals surface area contributed by atoms with Gasteiger partial charge in [0.1, 0.15) is 0 Å². The number of fused-ring (bicyclic) bond motifs is 3. The monoisotopic (exact) mass is 472 g/mol. The fourth-order valence-corrected chi connectivity index (χ4v) is 9.25. The summed E-state index contributed by atoms with van der Waals surface area (Å²) >= 11 is 6.96. The average molecular weight is 473 g/mol. The Kier molecular flexibility index (Phi) is 4.27. The molecule has 1 heteroatoms. The number of hydrogen-bond donors (Lipinski definition) is 0. The summed E-state index contributed by atoms with van der Waals surface area (Å²) in [5.74, 6) is 3.38. The topological polar surface area (TPSA) is 0 Å². The highest BCUT2D eigenvalue weighted by Gasteiger charge is 2.61. The van der Waals surface area contributed by atoms with E-state index in [1.807, 2.05) is 0 Å². The first-order valence-corrected chi connectivity index (χ1v) is 13.7. The van der Waals surface area contributed by atoms with Gasteiger partial charge < -0.3 is 0 Å². The minimum absolute atomic E-state index is 0.140. The first-order chi connectivity index (χ1) is 17.2. The van der Waals surface area contributed by atoms with Crippen LogP contribution in [0.15, 0.2) is 91.0 Å². The van der Waals surface area contributed by atoms with Crippen LogP contribution in [0.4, 0.5) is 0 Å². The van der Waals surface area contributed by atoms with E-state index in [0.29, 0.717) is 0 Å². The SMILES string of the molecule is Clc1cccc2c1-c1ccc(-c3ccccc3-c3ccccc3)cc1C21C2CC3CC(C2)CC1C3. The van der Waals surface area contributed by atoms with Crippen molar-refractivity contribution in [2.24, 2.45) is 23.7 Å². The zero-order valence-electron chi connectivity index (χ0n) is 19.9. The Balaban J connectivity index is 1.37. The molecule has 5 aliphatic rings. The minimum Gasteiger partial charge on any atom is -0.0837 e. The zero-order valence-corrected chi connectivity index (χ0v) is 20.6. The van der Waals surface area contributed by atoms with Gasteiger partial charge in [0.05, 0.1) is 0 Å². The van der Waals surface area contributed by atoms with Crippen LogP contribution in [-0.2, 0) is 5.41 Å². The van der Waals surface area contributed by atoms with E-state index in [1.165, 1.54) is 71.0 Å². The molecule has 4 saturated carbocycles. The number of halogens is 1. The molecule has 5 aliphatic carbocycles. The molecule has 0 saturated heterocycles. The quantitative estimate of drug-likeness (QED) is 0.272. The van der Waals surface area contributed by atoms with E-state index in [4.69, 9.17) is 11.6 Å². The molecule has 4 aromatic rings. The molecule has 0 radical (unpaired) electrons. The van der Waals surface area contributed by atoms with Crippen LogP contribution in [0, 0.1) is 23.7 Å². The zero-order chi connectivity index (χ0) is 23.1. The summed E-state index contributed by atoms with van der Waals surface area (Å²) in [6.07, 6.45) is 7.04. The van der Waals surface area contributed by atoms with Gasteiger partial charge in [-0.3, -0.25) is 0 Å². The van der Waals surface area contributed by atoms with Crippen molar-refractivity contribution in [2.45, 2.75) is 37.5 Å². The van der Waals surface area contributed by atoms with Crippen molar-refractivity contribution in [2.75, 3.05) is 0 Å². The van der Waals surface area contributed by atoms with E-state index in [9.17, 15) is 0 Å². The maximum Gasteiger partial charge on any atom is 0.0487 e. The molecule has 172 valence electrons. The van der Waals surface area contributed by atoms with Crippen molar-refractivity contribution in [3.05, 3.63) is 107 Å². The molecule has 0 unspecified atom stereocenters. The lowest BCUT2D eigenvalue weighted by molar-refractivity contribution is -0.0399. The molecule has 0 nitrogen and oxygen atoms in total. The first-order valence-electron chi connectivity index (χ1n) is 13.3. The van der Waals surface area contributed by atoms with Crippen LogP contribution >= 0.6 is 11.6 Å². The molecule has 35 heavy (non-hydrogen) atoms. The number of hydrogen-bond acceptors (Lipinski definition) is 0. The molecule has 9 rings (SSSR count). The van der Waals surface area contributed by atoms with Gasteiger partial charge in [0, 0.05) is 16.0 Å². The highest BCUT2D eigenvalue weighted by molar-refractivity contribution is 6.34. The minimum atomic E-state index is 0.140. The van der Waals surface area contributed by atoms with E-state index in [0.717, 1.165) is 28.7 Å². The summed E-state index contributed by atoms with van der Waals surface area (Å²) in [7, 11) is 0. The Morgan fingerprint density at radius 2 is 1.20 bits per heavy atom. The Morgan fingerprint density at radius 3 is 1.91 bits per heavy atom. The van der Waals surface area contributed by atoms with Gasteiger partial charge in [-0.25, -0.2) is 0 Å². The van der Waals surface area contributed by atoms with E-state index in [1.54, 1.807) is 5.56 Å². The maximum atomic E-state index is 6.96. The van der Waals surface area contributed by atoms with Gasteiger partial charge in [0.25, 0.3) is 0 Å². The van der Waals surface area contributed by atoms with Crippen molar-refractivity contribution in [1.29, 1.82) is 0 Å². The van der Waals surface area contributed by atoms with Crippen LogP contribution in [0.25, 0.3) is 33.4 Å². The second-order valence-electron chi connectivity index (χ2n) is 11.5. The summed E-state index contributed by atoms with van der Waals surface area (Å²) < 4.78 is 0. The molecule has 4 fully saturated rings. The van der Waals surface area contributed by atoms with E-state index in [2.05, 4.69) is 91.0 Å². The summed E-state index contributed by atoms with van der Waals surface area (Å²) in [4.78, 5) is 0. The van der Waals surface area contributed by atoms with Crippen molar-refractivity contribution in [1.82, 2.24) is 0 Å². The third-order valence-corrected chi connectivity index (χ3v) is 10.3. The predicted octanol–water partition coefficient (Wildman–Crippen LogP) is 9.40. The standard InChI is InChI=1S/C34H29Cl/c35-32-12-6-11-30-33(32)29-14-13-24(28-10-5-4-9-27(28)23-7-2-1-3-8-23)20-31(29)34(30)25-16-21-15-22(18-25)19-26(34)17-21/h1-14,20-22,25-26H,15-19H2. The molecule has 4 bridgehead atoms. The molecule has 4 aromatic carbocycles. The van der Waals surface area contributed by atoms with Crippen molar-refractivity contribution >= 4 is 11.6 Å². The highest BCUT2D eigenvalue weighted by atomic mass is 35.5. The lowest BCUT2D eigenvalue weighted by Crippen LogP contribution is -2.55. The average Bonchev–Trinajstić information content (AvgIpc) is 3.19. The van der Waals surface area contributed by atoms with Crippen molar-refractivity contribution < 1.29 is 0 Å². The fraction of sp³-hybridized carbons (Fsp3) is 0.294. The van der Waals surface area contributed by atoms with Gasteiger partial charge in [-0.2, -0.15) is 0 Å².